The Hall–Kier alpha value is -0.530. The van der Waals surface area contributed by atoms with Gasteiger partial charge in [-0.05, 0) is 35.3 Å². The van der Waals surface area contributed by atoms with Gasteiger partial charge in [-0.1, -0.05) is 52.0 Å². The van der Waals surface area contributed by atoms with Crippen LogP contribution in [0.3, 0.4) is 0 Å². The van der Waals surface area contributed by atoms with Gasteiger partial charge < -0.3 is 4.74 Å². The zero-order valence-corrected chi connectivity index (χ0v) is 13.6. The first kappa shape index (κ1) is 16.5. The van der Waals surface area contributed by atoms with Crippen LogP contribution in [0.5, 0.6) is 0 Å². The molecule has 0 aliphatic rings. The summed E-state index contributed by atoms with van der Waals surface area (Å²) in [6, 6.07) is 8.67. The molecule has 0 bridgehead atoms. The molecule has 1 unspecified atom stereocenters. The summed E-state index contributed by atoms with van der Waals surface area (Å²) in [6.07, 6.45) is 0.960. The second-order valence-corrected chi connectivity index (χ2v) is 6.42. The van der Waals surface area contributed by atoms with Crippen molar-refractivity contribution in [3.63, 3.8) is 0 Å². The van der Waals surface area contributed by atoms with E-state index in [-0.39, 0.29) is 5.38 Å². The van der Waals surface area contributed by atoms with Gasteiger partial charge in [0.2, 0.25) is 0 Å². The molecule has 19 heavy (non-hydrogen) atoms. The summed E-state index contributed by atoms with van der Waals surface area (Å²) in [5.74, 6) is 1.69. The molecule has 1 aromatic carbocycles. The smallest absolute Gasteiger partial charge is 0.0618 e. The molecule has 2 heteroatoms. The van der Waals surface area contributed by atoms with Crippen LogP contribution in [0.1, 0.15) is 44.2 Å². The van der Waals surface area contributed by atoms with Gasteiger partial charge in [-0.15, -0.1) is 11.6 Å². The number of hydrogen-bond donors (Lipinski definition) is 0. The van der Waals surface area contributed by atoms with Crippen LogP contribution in [-0.4, -0.2) is 13.7 Å². The molecule has 1 nitrogen and oxygen atoms in total. The van der Waals surface area contributed by atoms with Crippen LogP contribution >= 0.6 is 11.6 Å². The Morgan fingerprint density at radius 2 is 1.53 bits per heavy atom. The van der Waals surface area contributed by atoms with Gasteiger partial charge in [-0.25, -0.2) is 0 Å². The fraction of sp³-hybridized carbons (Fsp3) is 0.647. The first-order chi connectivity index (χ1) is 8.97. The van der Waals surface area contributed by atoms with E-state index in [2.05, 4.69) is 52.0 Å². The number of rotatable bonds is 7. The van der Waals surface area contributed by atoms with Crippen molar-refractivity contribution in [3.8, 4) is 0 Å². The molecule has 0 saturated carbocycles. The second kappa shape index (κ2) is 7.91. The molecule has 0 saturated heterocycles. The third-order valence-corrected chi connectivity index (χ3v) is 4.31. The maximum Gasteiger partial charge on any atom is 0.0618 e. The van der Waals surface area contributed by atoms with E-state index in [0.717, 1.165) is 13.0 Å². The van der Waals surface area contributed by atoms with Crippen LogP contribution in [-0.2, 0) is 11.2 Å². The van der Waals surface area contributed by atoms with Crippen molar-refractivity contribution in [2.45, 2.75) is 39.5 Å². The minimum absolute atomic E-state index is 0.0940. The molecule has 1 rings (SSSR count). The molecule has 0 radical (unpaired) electrons. The molecule has 0 heterocycles. The number of benzene rings is 1. The summed E-state index contributed by atoms with van der Waals surface area (Å²) < 4.78 is 5.10. The predicted molar refractivity (Wildman–Crippen MR) is 83.8 cm³/mol. The summed E-state index contributed by atoms with van der Waals surface area (Å²) in [4.78, 5) is 0. The number of alkyl halides is 1. The zero-order valence-electron chi connectivity index (χ0n) is 12.8. The Bertz CT molecular complexity index is 348. The highest BCUT2D eigenvalue weighted by molar-refractivity contribution is 6.21. The summed E-state index contributed by atoms with van der Waals surface area (Å²) in [7, 11) is 1.74. The number of methoxy groups -OCH3 is 1. The van der Waals surface area contributed by atoms with E-state index in [1.54, 1.807) is 7.11 Å². The van der Waals surface area contributed by atoms with Crippen molar-refractivity contribution in [2.24, 2.45) is 17.8 Å². The molecule has 1 aromatic rings. The van der Waals surface area contributed by atoms with Gasteiger partial charge in [-0.2, -0.15) is 0 Å². The van der Waals surface area contributed by atoms with Crippen molar-refractivity contribution in [2.75, 3.05) is 13.7 Å². The predicted octanol–water partition coefficient (Wildman–Crippen LogP) is 5.08. The maximum atomic E-state index is 6.69. The van der Waals surface area contributed by atoms with E-state index in [0.29, 0.717) is 17.8 Å². The lowest BCUT2D eigenvalue weighted by atomic mass is 9.80. The van der Waals surface area contributed by atoms with Crippen molar-refractivity contribution in [3.05, 3.63) is 35.4 Å². The van der Waals surface area contributed by atoms with Crippen LogP contribution < -0.4 is 0 Å². The standard InChI is InChI=1S/C17H27ClO/c1-12(2)16(13(3)4)17(18)15-8-6-14(7-9-15)10-11-19-5/h6-9,12-13,16-17H,10-11H2,1-5H3. The zero-order chi connectivity index (χ0) is 14.4. The molecule has 0 N–H and O–H groups in total. The SMILES string of the molecule is COCCc1ccc(C(Cl)C(C(C)C)C(C)C)cc1. The number of halogens is 1. The van der Waals surface area contributed by atoms with Gasteiger partial charge in [0, 0.05) is 7.11 Å². The van der Waals surface area contributed by atoms with Crippen molar-refractivity contribution >= 4 is 11.6 Å². The van der Waals surface area contributed by atoms with Gasteiger partial charge in [-0.3, -0.25) is 0 Å². The van der Waals surface area contributed by atoms with Gasteiger partial charge in [0.15, 0.2) is 0 Å². The number of hydrogen-bond acceptors (Lipinski definition) is 1. The molecule has 0 aliphatic heterocycles. The fourth-order valence-electron chi connectivity index (χ4n) is 2.76. The van der Waals surface area contributed by atoms with Crippen LogP contribution in [0, 0.1) is 17.8 Å². The van der Waals surface area contributed by atoms with Crippen LogP contribution in [0.4, 0.5) is 0 Å². The highest BCUT2D eigenvalue weighted by atomic mass is 35.5. The van der Waals surface area contributed by atoms with Crippen molar-refractivity contribution in [1.29, 1.82) is 0 Å². The highest BCUT2D eigenvalue weighted by Gasteiger charge is 2.26. The van der Waals surface area contributed by atoms with E-state index >= 15 is 0 Å². The molecule has 1 atom stereocenters. The van der Waals surface area contributed by atoms with E-state index in [4.69, 9.17) is 16.3 Å². The Morgan fingerprint density at radius 1 is 1.00 bits per heavy atom. The van der Waals surface area contributed by atoms with Gasteiger partial charge in [0.05, 0.1) is 12.0 Å². The topological polar surface area (TPSA) is 9.23 Å². The van der Waals surface area contributed by atoms with Gasteiger partial charge >= 0.3 is 0 Å². The summed E-state index contributed by atoms with van der Waals surface area (Å²) >= 11 is 6.69. The molecular formula is C17H27ClO. The Balaban J connectivity index is 2.78. The lowest BCUT2D eigenvalue weighted by Crippen LogP contribution is -2.20. The van der Waals surface area contributed by atoms with Crippen LogP contribution in [0.2, 0.25) is 0 Å². The average molecular weight is 283 g/mol. The molecule has 0 spiro atoms. The average Bonchev–Trinajstić information content (AvgIpc) is 2.36. The first-order valence-corrected chi connectivity index (χ1v) is 7.62. The lowest BCUT2D eigenvalue weighted by Gasteiger charge is -2.29. The van der Waals surface area contributed by atoms with E-state index in [9.17, 15) is 0 Å². The summed E-state index contributed by atoms with van der Waals surface area (Å²) in [6.45, 7) is 9.80. The van der Waals surface area contributed by atoms with E-state index in [1.807, 2.05) is 0 Å². The lowest BCUT2D eigenvalue weighted by molar-refractivity contribution is 0.202. The normalized spacial score (nSPS) is 13.5. The molecular weight excluding hydrogens is 256 g/mol. The van der Waals surface area contributed by atoms with Crippen LogP contribution in [0.25, 0.3) is 0 Å². The summed E-state index contributed by atoms with van der Waals surface area (Å²) in [5.41, 5.74) is 2.54. The molecule has 0 fully saturated rings. The molecule has 0 amide bonds. The van der Waals surface area contributed by atoms with Gasteiger partial charge in [0.1, 0.15) is 0 Å². The van der Waals surface area contributed by atoms with E-state index < -0.39 is 0 Å². The number of ether oxygens (including phenoxy) is 1. The second-order valence-electron chi connectivity index (χ2n) is 5.95. The molecule has 0 aliphatic carbocycles. The largest absolute Gasteiger partial charge is 0.384 e. The van der Waals surface area contributed by atoms with Crippen LogP contribution in [0.15, 0.2) is 24.3 Å². The molecule has 108 valence electrons. The third kappa shape index (κ3) is 4.81. The quantitative estimate of drug-likeness (QED) is 0.634. The minimum Gasteiger partial charge on any atom is -0.384 e. The maximum absolute atomic E-state index is 6.69. The summed E-state index contributed by atoms with van der Waals surface area (Å²) in [5, 5.41) is 0.0940. The van der Waals surface area contributed by atoms with Gasteiger partial charge in [0.25, 0.3) is 0 Å². The Labute approximate surface area is 123 Å². The Morgan fingerprint density at radius 3 is 1.95 bits per heavy atom. The third-order valence-electron chi connectivity index (χ3n) is 3.77. The fourth-order valence-corrected chi connectivity index (χ4v) is 3.48. The van der Waals surface area contributed by atoms with E-state index in [1.165, 1.54) is 11.1 Å². The molecule has 0 aromatic heterocycles. The first-order valence-electron chi connectivity index (χ1n) is 7.19. The van der Waals surface area contributed by atoms with Crippen molar-refractivity contribution < 1.29 is 4.74 Å². The van der Waals surface area contributed by atoms with Crippen molar-refractivity contribution in [1.82, 2.24) is 0 Å². The Kier molecular flexibility index (Phi) is 6.88. The minimum atomic E-state index is 0.0940. The monoisotopic (exact) mass is 282 g/mol. The highest BCUT2D eigenvalue weighted by Crippen LogP contribution is 2.38.